The molecular weight excluding hydrogens is 463 g/mol. The predicted molar refractivity (Wildman–Crippen MR) is 134 cm³/mol. The first-order valence-corrected chi connectivity index (χ1v) is 12.2. The molecule has 1 atom stereocenters. The number of hydrogen-bond acceptors (Lipinski definition) is 3. The van der Waals surface area contributed by atoms with Gasteiger partial charge in [-0.05, 0) is 53.9 Å². The summed E-state index contributed by atoms with van der Waals surface area (Å²) in [5.41, 5.74) is 4.16. The number of aryl methyl sites for hydroxylation is 1. The second-order valence-electron chi connectivity index (χ2n) is 7.51. The molecule has 3 aromatic rings. The van der Waals surface area contributed by atoms with Gasteiger partial charge < -0.3 is 5.32 Å². The van der Waals surface area contributed by atoms with Crippen LogP contribution >= 0.6 is 35.0 Å². The number of rotatable bonds is 6. The van der Waals surface area contributed by atoms with Crippen molar-refractivity contribution in [3.8, 4) is 0 Å². The van der Waals surface area contributed by atoms with Crippen molar-refractivity contribution in [3.05, 3.63) is 93.5 Å². The van der Waals surface area contributed by atoms with Gasteiger partial charge in [0.05, 0.1) is 15.8 Å². The Hall–Kier alpha value is -2.47. The van der Waals surface area contributed by atoms with E-state index in [4.69, 9.17) is 23.2 Å². The number of nitrogens with zero attached hydrogens (tertiary/aromatic N) is 1. The summed E-state index contributed by atoms with van der Waals surface area (Å²) in [4.78, 5) is 27.4. The van der Waals surface area contributed by atoms with Crippen LogP contribution in [0.15, 0.2) is 66.7 Å². The molecular formula is C25H22Cl2N2O2S. The third kappa shape index (κ3) is 4.80. The van der Waals surface area contributed by atoms with Crippen molar-refractivity contribution in [1.29, 1.82) is 0 Å². The van der Waals surface area contributed by atoms with Crippen LogP contribution in [-0.2, 0) is 11.2 Å². The van der Waals surface area contributed by atoms with E-state index in [1.54, 1.807) is 30.0 Å². The molecule has 4 nitrogen and oxygen atoms in total. The Morgan fingerprint density at radius 3 is 2.66 bits per heavy atom. The van der Waals surface area contributed by atoms with Gasteiger partial charge in [-0.2, -0.15) is 0 Å². The summed E-state index contributed by atoms with van der Waals surface area (Å²) in [5, 5.41) is 3.49. The molecule has 164 valence electrons. The van der Waals surface area contributed by atoms with Gasteiger partial charge in [0.25, 0.3) is 5.91 Å². The van der Waals surface area contributed by atoms with Gasteiger partial charge in [0, 0.05) is 16.9 Å². The number of nitrogens with one attached hydrogen (secondary N) is 1. The van der Waals surface area contributed by atoms with Crippen LogP contribution in [0.5, 0.6) is 0 Å². The molecule has 0 spiro atoms. The van der Waals surface area contributed by atoms with Gasteiger partial charge in [-0.3, -0.25) is 14.5 Å². The normalized spacial score (nSPS) is 15.8. The van der Waals surface area contributed by atoms with Crippen molar-refractivity contribution in [3.63, 3.8) is 0 Å². The van der Waals surface area contributed by atoms with Crippen molar-refractivity contribution in [2.24, 2.45) is 0 Å². The zero-order chi connectivity index (χ0) is 22.7. The molecule has 1 saturated heterocycles. The highest BCUT2D eigenvalue weighted by Gasteiger charge is 2.35. The fraction of sp³-hybridized carbons (Fsp3) is 0.200. The van der Waals surface area contributed by atoms with E-state index < -0.39 is 0 Å². The smallest absolute Gasteiger partial charge is 0.255 e. The number of para-hydroxylation sites is 1. The van der Waals surface area contributed by atoms with Crippen molar-refractivity contribution in [2.45, 2.75) is 25.1 Å². The summed E-state index contributed by atoms with van der Waals surface area (Å²) in [7, 11) is 0. The van der Waals surface area contributed by atoms with Crippen LogP contribution in [0.3, 0.4) is 0 Å². The van der Waals surface area contributed by atoms with Gasteiger partial charge in [-0.25, -0.2) is 0 Å². The molecule has 1 N–H and O–H groups in total. The largest absolute Gasteiger partial charge is 0.322 e. The average molecular weight is 485 g/mol. The molecule has 1 unspecified atom stereocenters. The minimum Gasteiger partial charge on any atom is -0.322 e. The zero-order valence-electron chi connectivity index (χ0n) is 17.5. The standard InChI is InChI=1S/C25H22Cl2N2O2S/c1-2-6-16-7-3-4-10-22(16)29-23(30)15-32-25(29)18-8-5-9-19(13-18)28-24(31)17-11-12-20(26)21(27)14-17/h3-5,7-14,25H,2,6,15H2,1H3,(H,28,31). The maximum Gasteiger partial charge on any atom is 0.255 e. The summed E-state index contributed by atoms with van der Waals surface area (Å²) in [6.07, 6.45) is 1.92. The van der Waals surface area contributed by atoms with Crippen molar-refractivity contribution >= 4 is 58.2 Å². The quantitative estimate of drug-likeness (QED) is 0.410. The summed E-state index contributed by atoms with van der Waals surface area (Å²) < 4.78 is 0. The molecule has 0 aliphatic carbocycles. The number of anilines is 2. The Morgan fingerprint density at radius 2 is 1.88 bits per heavy atom. The monoisotopic (exact) mass is 484 g/mol. The third-order valence-electron chi connectivity index (χ3n) is 5.25. The van der Waals surface area contributed by atoms with Crippen LogP contribution < -0.4 is 10.2 Å². The maximum absolute atomic E-state index is 12.8. The fourth-order valence-electron chi connectivity index (χ4n) is 3.77. The Kier molecular flexibility index (Phi) is 7.09. The van der Waals surface area contributed by atoms with E-state index in [1.165, 1.54) is 5.56 Å². The SMILES string of the molecule is CCCc1ccccc1N1C(=O)CSC1c1cccc(NC(=O)c2ccc(Cl)c(Cl)c2)c1. The van der Waals surface area contributed by atoms with Crippen LogP contribution in [0.25, 0.3) is 0 Å². The van der Waals surface area contributed by atoms with Gasteiger partial charge in [-0.15, -0.1) is 11.8 Å². The molecule has 2 amide bonds. The number of thioether (sulfide) groups is 1. The number of carbonyl (C=O) groups excluding carboxylic acids is 2. The lowest BCUT2D eigenvalue weighted by molar-refractivity contribution is -0.115. The topological polar surface area (TPSA) is 49.4 Å². The maximum atomic E-state index is 12.8. The number of hydrogen-bond donors (Lipinski definition) is 1. The summed E-state index contributed by atoms with van der Waals surface area (Å²) in [6, 6.07) is 20.5. The lowest BCUT2D eigenvalue weighted by Crippen LogP contribution is -2.28. The molecule has 4 rings (SSSR count). The van der Waals surface area contributed by atoms with Crippen LogP contribution in [0.4, 0.5) is 11.4 Å². The fourth-order valence-corrected chi connectivity index (χ4v) is 5.23. The van der Waals surface area contributed by atoms with E-state index in [0.29, 0.717) is 27.0 Å². The molecule has 1 aliphatic rings. The van der Waals surface area contributed by atoms with Crippen molar-refractivity contribution in [1.82, 2.24) is 0 Å². The lowest BCUT2D eigenvalue weighted by Gasteiger charge is -2.27. The average Bonchev–Trinajstić information content (AvgIpc) is 3.17. The van der Waals surface area contributed by atoms with E-state index in [2.05, 4.69) is 18.3 Å². The molecule has 1 heterocycles. The molecule has 7 heteroatoms. The molecule has 0 saturated carbocycles. The molecule has 0 radical (unpaired) electrons. The lowest BCUT2D eigenvalue weighted by atomic mass is 10.1. The highest BCUT2D eigenvalue weighted by atomic mass is 35.5. The highest BCUT2D eigenvalue weighted by Crippen LogP contribution is 2.43. The second-order valence-corrected chi connectivity index (χ2v) is 9.40. The van der Waals surface area contributed by atoms with Crippen LogP contribution in [-0.4, -0.2) is 17.6 Å². The molecule has 0 bridgehead atoms. The third-order valence-corrected chi connectivity index (χ3v) is 7.20. The molecule has 1 fully saturated rings. The van der Waals surface area contributed by atoms with E-state index in [-0.39, 0.29) is 17.2 Å². The van der Waals surface area contributed by atoms with Crippen molar-refractivity contribution < 1.29 is 9.59 Å². The zero-order valence-corrected chi connectivity index (χ0v) is 19.8. The Morgan fingerprint density at radius 1 is 1.06 bits per heavy atom. The van der Waals surface area contributed by atoms with Crippen LogP contribution in [0.1, 0.15) is 40.2 Å². The second kappa shape index (κ2) is 9.99. The minimum atomic E-state index is -0.277. The van der Waals surface area contributed by atoms with E-state index in [0.717, 1.165) is 24.1 Å². The van der Waals surface area contributed by atoms with E-state index in [1.807, 2.05) is 47.4 Å². The van der Waals surface area contributed by atoms with Crippen molar-refractivity contribution in [2.75, 3.05) is 16.0 Å². The Balaban J connectivity index is 1.60. The summed E-state index contributed by atoms with van der Waals surface area (Å²) in [5.74, 6) is 0.236. The van der Waals surface area contributed by atoms with Gasteiger partial charge in [0.1, 0.15) is 5.37 Å². The minimum absolute atomic E-state index is 0.0915. The summed E-state index contributed by atoms with van der Waals surface area (Å²) >= 11 is 13.6. The first-order valence-electron chi connectivity index (χ1n) is 10.4. The first kappa shape index (κ1) is 22.7. The number of amides is 2. The molecule has 3 aromatic carbocycles. The van der Waals surface area contributed by atoms with E-state index >= 15 is 0 Å². The van der Waals surface area contributed by atoms with E-state index in [9.17, 15) is 9.59 Å². The molecule has 0 aromatic heterocycles. The highest BCUT2D eigenvalue weighted by molar-refractivity contribution is 8.00. The van der Waals surface area contributed by atoms with Crippen LogP contribution in [0.2, 0.25) is 10.0 Å². The van der Waals surface area contributed by atoms with Gasteiger partial charge >= 0.3 is 0 Å². The van der Waals surface area contributed by atoms with Gasteiger partial charge in [0.2, 0.25) is 5.91 Å². The Labute approximate surface area is 201 Å². The number of halogens is 2. The first-order chi connectivity index (χ1) is 15.5. The summed E-state index contributed by atoms with van der Waals surface area (Å²) in [6.45, 7) is 2.13. The predicted octanol–water partition coefficient (Wildman–Crippen LogP) is 6.98. The van der Waals surface area contributed by atoms with Gasteiger partial charge in [0.15, 0.2) is 0 Å². The molecule has 32 heavy (non-hydrogen) atoms. The number of carbonyl (C=O) groups is 2. The van der Waals surface area contributed by atoms with Crippen LogP contribution in [0, 0.1) is 0 Å². The Bertz CT molecular complexity index is 1170. The number of benzene rings is 3. The van der Waals surface area contributed by atoms with Gasteiger partial charge in [-0.1, -0.05) is 66.9 Å². The molecule has 1 aliphatic heterocycles.